The van der Waals surface area contributed by atoms with Crippen LogP contribution in [-0.2, 0) is 9.47 Å². The molecule has 0 aromatic heterocycles. The Bertz CT molecular complexity index is 549. The van der Waals surface area contributed by atoms with Gasteiger partial charge in [0.2, 0.25) is 0 Å². The van der Waals surface area contributed by atoms with Crippen LogP contribution >= 0.6 is 0 Å². The first-order valence-corrected chi connectivity index (χ1v) is 16.3. The Morgan fingerprint density at radius 2 is 0.784 bits per heavy atom. The zero-order valence-corrected chi connectivity index (χ0v) is 25.1. The lowest BCUT2D eigenvalue weighted by atomic mass is 10.1. The molecule has 216 valence electrons. The summed E-state index contributed by atoms with van der Waals surface area (Å²) < 4.78 is 18.5. The van der Waals surface area contributed by atoms with Gasteiger partial charge in [0.1, 0.15) is 5.75 Å². The van der Waals surface area contributed by atoms with Crippen LogP contribution in [-0.4, -0.2) is 19.8 Å². The highest BCUT2D eigenvalue weighted by Crippen LogP contribution is 2.24. The maximum Gasteiger partial charge on any atom is 0.183 e. The molecule has 0 unspecified atom stereocenters. The Kier molecular flexibility index (Phi) is 24.4. The summed E-state index contributed by atoms with van der Waals surface area (Å²) in [5.74, 6) is 0.948. The maximum atomic E-state index is 6.26. The Morgan fingerprint density at radius 3 is 1.19 bits per heavy atom. The molecule has 0 aliphatic carbocycles. The van der Waals surface area contributed by atoms with Crippen molar-refractivity contribution >= 4 is 0 Å². The molecule has 0 N–H and O–H groups in total. The normalized spacial score (nSPS) is 11.5. The first-order valence-electron chi connectivity index (χ1n) is 16.3. The van der Waals surface area contributed by atoms with Crippen LogP contribution in [0.15, 0.2) is 24.3 Å². The van der Waals surface area contributed by atoms with E-state index in [-0.39, 0.29) is 6.29 Å². The molecule has 0 saturated heterocycles. The largest absolute Gasteiger partial charge is 0.494 e. The zero-order valence-electron chi connectivity index (χ0n) is 25.1. The fourth-order valence-corrected chi connectivity index (χ4v) is 4.71. The van der Waals surface area contributed by atoms with Crippen molar-refractivity contribution in [2.45, 2.75) is 162 Å². The highest BCUT2D eigenvalue weighted by atomic mass is 16.7. The summed E-state index contributed by atoms with van der Waals surface area (Å²) in [4.78, 5) is 0. The van der Waals surface area contributed by atoms with E-state index in [9.17, 15) is 0 Å². The summed E-state index contributed by atoms with van der Waals surface area (Å²) in [6.07, 6.45) is 27.1. The second kappa shape index (κ2) is 26.5. The molecule has 3 heteroatoms. The molecule has 0 radical (unpaired) electrons. The van der Waals surface area contributed by atoms with E-state index in [4.69, 9.17) is 14.2 Å². The molecule has 0 saturated carbocycles. The van der Waals surface area contributed by atoms with Crippen molar-refractivity contribution in [1.82, 2.24) is 0 Å². The number of rotatable bonds is 28. The van der Waals surface area contributed by atoms with Gasteiger partial charge in [-0.1, -0.05) is 148 Å². The summed E-state index contributed by atoms with van der Waals surface area (Å²) >= 11 is 0. The second-order valence-electron chi connectivity index (χ2n) is 10.9. The maximum absolute atomic E-state index is 6.26. The van der Waals surface area contributed by atoms with Gasteiger partial charge in [-0.05, 0) is 31.4 Å². The minimum atomic E-state index is -0.266. The molecular formula is C34H62O3. The van der Waals surface area contributed by atoms with Gasteiger partial charge in [-0.3, -0.25) is 0 Å². The lowest BCUT2D eigenvalue weighted by Crippen LogP contribution is -2.11. The van der Waals surface area contributed by atoms with Gasteiger partial charge in [0.15, 0.2) is 6.29 Å². The lowest BCUT2D eigenvalue weighted by molar-refractivity contribution is -0.148. The molecule has 0 aliphatic heterocycles. The van der Waals surface area contributed by atoms with Gasteiger partial charge in [0.05, 0.1) is 19.8 Å². The van der Waals surface area contributed by atoms with E-state index in [2.05, 4.69) is 45.0 Å². The summed E-state index contributed by atoms with van der Waals surface area (Å²) in [6, 6.07) is 8.40. The average Bonchev–Trinajstić information content (AvgIpc) is 2.92. The van der Waals surface area contributed by atoms with Crippen LogP contribution in [0.2, 0.25) is 0 Å². The van der Waals surface area contributed by atoms with Crippen LogP contribution in [0.5, 0.6) is 5.75 Å². The summed E-state index contributed by atoms with van der Waals surface area (Å²) in [5, 5.41) is 0. The number of benzene rings is 1. The topological polar surface area (TPSA) is 27.7 Å². The average molecular weight is 519 g/mol. The third-order valence-corrected chi connectivity index (χ3v) is 7.20. The van der Waals surface area contributed by atoms with Crippen molar-refractivity contribution < 1.29 is 14.2 Å². The van der Waals surface area contributed by atoms with Crippen molar-refractivity contribution in [3.63, 3.8) is 0 Å². The van der Waals surface area contributed by atoms with E-state index in [0.29, 0.717) is 0 Å². The molecule has 0 spiro atoms. The highest BCUT2D eigenvalue weighted by Gasteiger charge is 2.13. The first kappa shape index (κ1) is 34.0. The third-order valence-electron chi connectivity index (χ3n) is 7.20. The van der Waals surface area contributed by atoms with Gasteiger partial charge in [-0.25, -0.2) is 0 Å². The molecule has 1 rings (SSSR count). The van der Waals surface area contributed by atoms with Gasteiger partial charge in [0.25, 0.3) is 0 Å². The van der Waals surface area contributed by atoms with Crippen molar-refractivity contribution in [3.8, 4) is 5.75 Å². The van der Waals surface area contributed by atoms with Crippen molar-refractivity contribution in [2.75, 3.05) is 19.8 Å². The fourth-order valence-electron chi connectivity index (χ4n) is 4.71. The van der Waals surface area contributed by atoms with E-state index in [1.807, 2.05) is 0 Å². The van der Waals surface area contributed by atoms with Crippen LogP contribution in [0.1, 0.15) is 167 Å². The monoisotopic (exact) mass is 518 g/mol. The number of ether oxygens (including phenoxy) is 3. The third kappa shape index (κ3) is 20.6. The van der Waals surface area contributed by atoms with Crippen LogP contribution in [0, 0.1) is 0 Å². The van der Waals surface area contributed by atoms with Crippen molar-refractivity contribution in [1.29, 1.82) is 0 Å². The van der Waals surface area contributed by atoms with Crippen LogP contribution < -0.4 is 4.74 Å². The fraction of sp³-hybridized carbons (Fsp3) is 0.824. The minimum absolute atomic E-state index is 0.266. The van der Waals surface area contributed by atoms with Gasteiger partial charge < -0.3 is 14.2 Å². The Hall–Kier alpha value is -1.06. The molecule has 0 atom stereocenters. The predicted molar refractivity (Wildman–Crippen MR) is 161 cm³/mol. The van der Waals surface area contributed by atoms with Gasteiger partial charge in [0, 0.05) is 5.56 Å². The SMILES string of the molecule is CCCCCCCCCCOC(OCCCCCCCCCC)c1ccc(OCCCCCCC)cc1. The molecule has 0 amide bonds. The zero-order chi connectivity index (χ0) is 26.7. The van der Waals surface area contributed by atoms with E-state index >= 15 is 0 Å². The molecule has 37 heavy (non-hydrogen) atoms. The van der Waals surface area contributed by atoms with Gasteiger partial charge in [-0.2, -0.15) is 0 Å². The molecule has 1 aromatic rings. The molecule has 0 aliphatic rings. The van der Waals surface area contributed by atoms with Crippen LogP contribution in [0.3, 0.4) is 0 Å². The molecule has 0 heterocycles. The minimum Gasteiger partial charge on any atom is -0.494 e. The predicted octanol–water partition coefficient (Wildman–Crippen LogP) is 11.3. The van der Waals surface area contributed by atoms with Crippen LogP contribution in [0.4, 0.5) is 0 Å². The van der Waals surface area contributed by atoms with E-state index in [0.717, 1.165) is 50.4 Å². The number of hydrogen-bond acceptors (Lipinski definition) is 3. The summed E-state index contributed by atoms with van der Waals surface area (Å²) in [5.41, 5.74) is 1.11. The van der Waals surface area contributed by atoms with E-state index in [1.54, 1.807) is 0 Å². The second-order valence-corrected chi connectivity index (χ2v) is 10.9. The van der Waals surface area contributed by atoms with Crippen LogP contribution in [0.25, 0.3) is 0 Å². The molecular weight excluding hydrogens is 456 g/mol. The highest BCUT2D eigenvalue weighted by molar-refractivity contribution is 5.28. The van der Waals surface area contributed by atoms with E-state index < -0.39 is 0 Å². The van der Waals surface area contributed by atoms with Gasteiger partial charge >= 0.3 is 0 Å². The Labute approximate surface area is 231 Å². The Morgan fingerprint density at radius 1 is 0.432 bits per heavy atom. The standard InChI is InChI=1S/C34H62O3/c1-4-7-10-13-15-17-20-23-30-36-34(37-31-24-21-18-16-14-11-8-5-2)32-25-27-33(28-26-32)35-29-22-19-12-9-6-3/h25-28,34H,4-24,29-31H2,1-3H3. The number of unbranched alkanes of at least 4 members (excludes halogenated alkanes) is 18. The smallest absolute Gasteiger partial charge is 0.183 e. The molecule has 1 aromatic carbocycles. The Balaban J connectivity index is 2.37. The number of hydrogen-bond donors (Lipinski definition) is 0. The molecule has 3 nitrogen and oxygen atoms in total. The molecule has 0 bridgehead atoms. The molecule has 0 fully saturated rings. The lowest BCUT2D eigenvalue weighted by Gasteiger charge is -2.20. The van der Waals surface area contributed by atoms with Gasteiger partial charge in [-0.15, -0.1) is 0 Å². The summed E-state index contributed by atoms with van der Waals surface area (Å²) in [7, 11) is 0. The van der Waals surface area contributed by atoms with Crippen molar-refractivity contribution in [2.24, 2.45) is 0 Å². The summed E-state index contributed by atoms with van der Waals surface area (Å²) in [6.45, 7) is 9.15. The van der Waals surface area contributed by atoms with Crippen molar-refractivity contribution in [3.05, 3.63) is 29.8 Å². The van der Waals surface area contributed by atoms with E-state index in [1.165, 1.54) is 116 Å². The first-order chi connectivity index (χ1) is 18.3. The quantitative estimate of drug-likeness (QED) is 0.0815.